The van der Waals surface area contributed by atoms with Crippen molar-refractivity contribution < 1.29 is 9.90 Å². The summed E-state index contributed by atoms with van der Waals surface area (Å²) in [4.78, 5) is 16.1. The zero-order chi connectivity index (χ0) is 13.9. The number of amides is 1. The highest BCUT2D eigenvalue weighted by molar-refractivity contribution is 6.03. The van der Waals surface area contributed by atoms with Gasteiger partial charge in [0.2, 0.25) is 0 Å². The summed E-state index contributed by atoms with van der Waals surface area (Å²) in [5, 5.41) is 12.6. The van der Waals surface area contributed by atoms with Crippen LogP contribution < -0.4 is 5.32 Å². The third-order valence-electron chi connectivity index (χ3n) is 2.74. The number of hydrogen-bond donors (Lipinski definition) is 2. The first kappa shape index (κ1) is 13.2. The number of anilines is 1. The van der Waals surface area contributed by atoms with Crippen molar-refractivity contribution in [2.45, 2.75) is 19.4 Å². The van der Waals surface area contributed by atoms with Crippen LogP contribution in [-0.2, 0) is 5.60 Å². The minimum Gasteiger partial charge on any atom is -0.386 e. The van der Waals surface area contributed by atoms with Gasteiger partial charge in [-0.25, -0.2) is 4.98 Å². The van der Waals surface area contributed by atoms with E-state index in [2.05, 4.69) is 10.3 Å². The van der Waals surface area contributed by atoms with Gasteiger partial charge in [-0.05, 0) is 43.7 Å². The average molecular weight is 256 g/mol. The van der Waals surface area contributed by atoms with Gasteiger partial charge in [0, 0.05) is 11.8 Å². The van der Waals surface area contributed by atoms with Crippen molar-refractivity contribution in [3.05, 3.63) is 59.8 Å². The Bertz CT molecular complexity index is 574. The Morgan fingerprint density at radius 1 is 1.21 bits per heavy atom. The lowest BCUT2D eigenvalue weighted by atomic mass is 9.96. The Morgan fingerprint density at radius 3 is 2.63 bits per heavy atom. The van der Waals surface area contributed by atoms with Gasteiger partial charge in [-0.3, -0.25) is 4.79 Å². The molecule has 0 saturated heterocycles. The van der Waals surface area contributed by atoms with Crippen LogP contribution in [0.25, 0.3) is 0 Å². The SMILES string of the molecule is CC(C)(O)c1cccc(C(=O)Nc2ccccn2)c1. The first-order chi connectivity index (χ1) is 8.97. The van der Waals surface area contributed by atoms with Crippen LogP contribution in [0.5, 0.6) is 0 Å². The zero-order valence-electron chi connectivity index (χ0n) is 10.9. The molecule has 1 heterocycles. The molecular formula is C15H16N2O2. The highest BCUT2D eigenvalue weighted by atomic mass is 16.3. The molecule has 4 heteroatoms. The number of aliphatic hydroxyl groups is 1. The van der Waals surface area contributed by atoms with Gasteiger partial charge in [0.1, 0.15) is 5.82 Å². The van der Waals surface area contributed by atoms with E-state index < -0.39 is 5.60 Å². The Hall–Kier alpha value is -2.20. The van der Waals surface area contributed by atoms with Crippen LogP contribution in [0.3, 0.4) is 0 Å². The number of benzene rings is 1. The van der Waals surface area contributed by atoms with Gasteiger partial charge in [-0.15, -0.1) is 0 Å². The van der Waals surface area contributed by atoms with E-state index in [0.717, 1.165) is 0 Å². The second-order valence-electron chi connectivity index (χ2n) is 4.81. The largest absolute Gasteiger partial charge is 0.386 e. The Labute approximate surface area is 112 Å². The van der Waals surface area contributed by atoms with Crippen molar-refractivity contribution in [3.8, 4) is 0 Å². The highest BCUT2D eigenvalue weighted by Crippen LogP contribution is 2.20. The second kappa shape index (κ2) is 5.20. The molecular weight excluding hydrogens is 240 g/mol. The van der Waals surface area contributed by atoms with Gasteiger partial charge in [-0.2, -0.15) is 0 Å². The smallest absolute Gasteiger partial charge is 0.256 e. The molecule has 1 amide bonds. The van der Waals surface area contributed by atoms with Gasteiger partial charge in [0.05, 0.1) is 5.60 Å². The predicted molar refractivity (Wildman–Crippen MR) is 73.9 cm³/mol. The fraction of sp³-hybridized carbons (Fsp3) is 0.200. The van der Waals surface area contributed by atoms with Crippen molar-refractivity contribution in [1.82, 2.24) is 4.98 Å². The summed E-state index contributed by atoms with van der Waals surface area (Å²) in [6.45, 7) is 3.37. The monoisotopic (exact) mass is 256 g/mol. The Morgan fingerprint density at radius 2 is 2.00 bits per heavy atom. The molecule has 2 N–H and O–H groups in total. The molecule has 0 bridgehead atoms. The maximum absolute atomic E-state index is 12.1. The maximum atomic E-state index is 12.1. The number of nitrogens with one attached hydrogen (secondary N) is 1. The van der Waals surface area contributed by atoms with E-state index in [0.29, 0.717) is 16.9 Å². The van der Waals surface area contributed by atoms with Crippen LogP contribution in [0.15, 0.2) is 48.7 Å². The van der Waals surface area contributed by atoms with Crippen LogP contribution in [0.1, 0.15) is 29.8 Å². The quantitative estimate of drug-likeness (QED) is 0.887. The number of carbonyl (C=O) groups excluding carboxylic acids is 1. The third-order valence-corrected chi connectivity index (χ3v) is 2.74. The molecule has 0 unspecified atom stereocenters. The molecule has 0 spiro atoms. The zero-order valence-corrected chi connectivity index (χ0v) is 10.9. The third kappa shape index (κ3) is 3.39. The van der Waals surface area contributed by atoms with Crippen molar-refractivity contribution in [3.63, 3.8) is 0 Å². The minimum absolute atomic E-state index is 0.246. The normalized spacial score (nSPS) is 11.1. The number of carbonyl (C=O) groups is 1. The lowest BCUT2D eigenvalue weighted by Crippen LogP contribution is -2.18. The average Bonchev–Trinajstić information content (AvgIpc) is 2.39. The lowest BCUT2D eigenvalue weighted by molar-refractivity contribution is 0.0785. The van der Waals surface area contributed by atoms with Crippen molar-refractivity contribution in [1.29, 1.82) is 0 Å². The lowest BCUT2D eigenvalue weighted by Gasteiger charge is -2.18. The van der Waals surface area contributed by atoms with Crippen LogP contribution in [0, 0.1) is 0 Å². The molecule has 0 fully saturated rings. The fourth-order valence-corrected chi connectivity index (χ4v) is 1.67. The topological polar surface area (TPSA) is 62.2 Å². The Balaban J connectivity index is 2.20. The fourth-order valence-electron chi connectivity index (χ4n) is 1.67. The molecule has 2 aromatic rings. The Kier molecular flexibility index (Phi) is 3.62. The van der Waals surface area contributed by atoms with E-state index in [-0.39, 0.29) is 5.91 Å². The van der Waals surface area contributed by atoms with Gasteiger partial charge >= 0.3 is 0 Å². The highest BCUT2D eigenvalue weighted by Gasteiger charge is 2.17. The van der Waals surface area contributed by atoms with Gasteiger partial charge < -0.3 is 10.4 Å². The summed E-state index contributed by atoms with van der Waals surface area (Å²) in [7, 11) is 0. The summed E-state index contributed by atoms with van der Waals surface area (Å²) in [5.74, 6) is 0.256. The van der Waals surface area contributed by atoms with E-state index in [4.69, 9.17) is 0 Å². The molecule has 0 aliphatic rings. The standard InChI is InChI=1S/C15H16N2O2/c1-15(2,19)12-7-5-6-11(10-12)14(18)17-13-8-3-4-9-16-13/h3-10,19H,1-2H3,(H,16,17,18). The summed E-state index contributed by atoms with van der Waals surface area (Å²) in [6.07, 6.45) is 1.61. The molecule has 4 nitrogen and oxygen atoms in total. The number of aromatic nitrogens is 1. The van der Waals surface area contributed by atoms with E-state index >= 15 is 0 Å². The summed E-state index contributed by atoms with van der Waals surface area (Å²) in [6, 6.07) is 12.2. The van der Waals surface area contributed by atoms with E-state index in [1.807, 2.05) is 0 Å². The van der Waals surface area contributed by atoms with Crippen molar-refractivity contribution >= 4 is 11.7 Å². The molecule has 19 heavy (non-hydrogen) atoms. The number of nitrogens with zero attached hydrogens (tertiary/aromatic N) is 1. The molecule has 0 atom stereocenters. The van der Waals surface area contributed by atoms with Gasteiger partial charge in [-0.1, -0.05) is 18.2 Å². The van der Waals surface area contributed by atoms with Crippen LogP contribution >= 0.6 is 0 Å². The molecule has 0 aliphatic heterocycles. The first-order valence-corrected chi connectivity index (χ1v) is 6.02. The number of rotatable bonds is 3. The van der Waals surface area contributed by atoms with Crippen LogP contribution in [-0.4, -0.2) is 16.0 Å². The molecule has 1 aromatic heterocycles. The van der Waals surface area contributed by atoms with Crippen molar-refractivity contribution in [2.24, 2.45) is 0 Å². The molecule has 0 radical (unpaired) electrons. The second-order valence-corrected chi connectivity index (χ2v) is 4.81. The summed E-state index contributed by atoms with van der Waals surface area (Å²) in [5.41, 5.74) is 0.216. The first-order valence-electron chi connectivity index (χ1n) is 6.02. The van der Waals surface area contributed by atoms with E-state index in [9.17, 15) is 9.90 Å². The van der Waals surface area contributed by atoms with Crippen LogP contribution in [0.2, 0.25) is 0 Å². The van der Waals surface area contributed by atoms with Gasteiger partial charge in [0.15, 0.2) is 0 Å². The predicted octanol–water partition coefficient (Wildman–Crippen LogP) is 2.56. The molecule has 2 rings (SSSR count). The van der Waals surface area contributed by atoms with Crippen LogP contribution in [0.4, 0.5) is 5.82 Å². The molecule has 98 valence electrons. The minimum atomic E-state index is -0.971. The summed E-state index contributed by atoms with van der Waals surface area (Å²) < 4.78 is 0. The van der Waals surface area contributed by atoms with E-state index in [1.165, 1.54) is 0 Å². The van der Waals surface area contributed by atoms with Crippen molar-refractivity contribution in [2.75, 3.05) is 5.32 Å². The molecule has 0 saturated carbocycles. The maximum Gasteiger partial charge on any atom is 0.256 e. The van der Waals surface area contributed by atoms with Gasteiger partial charge in [0.25, 0.3) is 5.91 Å². The van der Waals surface area contributed by atoms with E-state index in [1.54, 1.807) is 62.5 Å². The summed E-state index contributed by atoms with van der Waals surface area (Å²) >= 11 is 0. The number of pyridine rings is 1. The molecule has 1 aromatic carbocycles. The number of hydrogen-bond acceptors (Lipinski definition) is 3. The molecule has 0 aliphatic carbocycles.